The van der Waals surface area contributed by atoms with Gasteiger partial charge in [0.05, 0.1) is 10.0 Å². The number of hydrogen-bond donors (Lipinski definition) is 4. The maximum Gasteiger partial charge on any atom is 0.338 e. The summed E-state index contributed by atoms with van der Waals surface area (Å²) in [6, 6.07) is 5.95. The predicted molar refractivity (Wildman–Crippen MR) is 165 cm³/mol. The summed E-state index contributed by atoms with van der Waals surface area (Å²) in [6.45, 7) is 6.07. The normalized spacial score (nSPS) is 18.9. The first-order valence-electron chi connectivity index (χ1n) is 14.9. The van der Waals surface area contributed by atoms with Gasteiger partial charge in [0.15, 0.2) is 12.2 Å². The number of halogens is 4. The number of esters is 1. The molecule has 2 atom stereocenters. The molecule has 2 aromatic heterocycles. The molecule has 16 heteroatoms. The summed E-state index contributed by atoms with van der Waals surface area (Å²) < 4.78 is 56.9. The minimum atomic E-state index is -3.08. The number of thiophene rings is 1. The van der Waals surface area contributed by atoms with E-state index in [9.17, 15) is 28.6 Å². The van der Waals surface area contributed by atoms with Crippen LogP contribution in [0.5, 0.6) is 0 Å². The fourth-order valence-corrected chi connectivity index (χ4v) is 7.22. The number of piperidine rings is 1. The first-order chi connectivity index (χ1) is 22.0. The number of nitrogens with zero attached hydrogens (tertiary/aromatic N) is 3. The third-order valence-electron chi connectivity index (χ3n) is 8.52. The lowest BCUT2D eigenvalue weighted by Gasteiger charge is -2.45. The SMILES string of the molecule is Cc1nn(-c2c(F)cccc2CNC(C)(C)COC(=O)[C@H](O)[C@@H](O)C(=O)O)cc1CN1CCC2(CC1)OCC(F)(F)c1cc(Cl)sc12. The molecular formula is C31H36ClF3N4O7S. The van der Waals surface area contributed by atoms with E-state index in [1.54, 1.807) is 32.2 Å². The fraction of sp³-hybridized carbons (Fsp3) is 0.516. The molecule has 47 heavy (non-hydrogen) atoms. The number of rotatable bonds is 11. The predicted octanol–water partition coefficient (Wildman–Crippen LogP) is 3.87. The molecule has 1 saturated heterocycles. The Balaban J connectivity index is 1.23. The Bertz CT molecular complexity index is 1640. The molecule has 1 aromatic carbocycles. The van der Waals surface area contributed by atoms with Gasteiger partial charge in [-0.2, -0.15) is 13.9 Å². The van der Waals surface area contributed by atoms with E-state index in [1.807, 2.05) is 6.92 Å². The molecule has 0 bridgehead atoms. The molecule has 1 spiro atoms. The smallest absolute Gasteiger partial charge is 0.338 e. The average Bonchev–Trinajstić information content (AvgIpc) is 3.60. The molecule has 3 aromatic rings. The Morgan fingerprint density at radius 2 is 1.91 bits per heavy atom. The molecule has 4 N–H and O–H groups in total. The third-order valence-corrected chi connectivity index (χ3v) is 9.97. The van der Waals surface area contributed by atoms with Gasteiger partial charge in [-0.25, -0.2) is 18.7 Å². The number of hydrogen-bond acceptors (Lipinski definition) is 10. The van der Waals surface area contributed by atoms with E-state index >= 15 is 4.39 Å². The number of benzene rings is 1. The van der Waals surface area contributed by atoms with Crippen LogP contribution in [0.2, 0.25) is 4.34 Å². The van der Waals surface area contributed by atoms with Crippen LogP contribution in [0.1, 0.15) is 54.0 Å². The van der Waals surface area contributed by atoms with E-state index in [4.69, 9.17) is 26.2 Å². The van der Waals surface area contributed by atoms with Gasteiger partial charge in [-0.15, -0.1) is 11.3 Å². The Morgan fingerprint density at radius 3 is 2.60 bits per heavy atom. The highest BCUT2D eigenvalue weighted by atomic mass is 35.5. The first kappa shape index (κ1) is 35.3. The molecule has 2 aliphatic rings. The second kappa shape index (κ2) is 13.5. The number of aliphatic hydroxyl groups excluding tert-OH is 2. The summed E-state index contributed by atoms with van der Waals surface area (Å²) in [4.78, 5) is 25.5. The van der Waals surface area contributed by atoms with Crippen LogP contribution in [0.25, 0.3) is 5.69 Å². The number of carbonyl (C=O) groups excluding carboxylic acids is 1. The van der Waals surface area contributed by atoms with Crippen molar-refractivity contribution in [3.8, 4) is 5.69 Å². The molecule has 0 aliphatic carbocycles. The van der Waals surface area contributed by atoms with Gasteiger partial charge in [-0.1, -0.05) is 23.7 Å². The monoisotopic (exact) mass is 700 g/mol. The average molecular weight is 701 g/mol. The summed E-state index contributed by atoms with van der Waals surface area (Å²) in [7, 11) is 0. The second-order valence-corrected chi connectivity index (χ2v) is 14.2. The number of likely N-dealkylation sites (tertiary alicyclic amines) is 1. The number of fused-ring (bicyclic) bond motifs is 2. The van der Waals surface area contributed by atoms with Gasteiger partial charge >= 0.3 is 11.9 Å². The molecule has 4 heterocycles. The van der Waals surface area contributed by atoms with E-state index < -0.39 is 53.6 Å². The number of nitrogens with one attached hydrogen (secondary N) is 1. The highest BCUT2D eigenvalue weighted by molar-refractivity contribution is 7.16. The third kappa shape index (κ3) is 7.51. The van der Waals surface area contributed by atoms with Crippen LogP contribution in [0.4, 0.5) is 13.2 Å². The number of carbonyl (C=O) groups is 2. The summed E-state index contributed by atoms with van der Waals surface area (Å²) in [5.74, 6) is -6.64. The van der Waals surface area contributed by atoms with Gasteiger partial charge in [0.2, 0.25) is 0 Å². The molecule has 5 rings (SSSR count). The van der Waals surface area contributed by atoms with Crippen LogP contribution in [0.3, 0.4) is 0 Å². The lowest BCUT2D eigenvalue weighted by molar-refractivity contribution is -0.182. The first-order valence-corrected chi connectivity index (χ1v) is 16.1. The molecule has 0 saturated carbocycles. The number of aliphatic hydroxyl groups is 2. The Morgan fingerprint density at radius 1 is 1.21 bits per heavy atom. The fourth-order valence-electron chi connectivity index (χ4n) is 5.74. The summed E-state index contributed by atoms with van der Waals surface area (Å²) in [5, 5.41) is 35.6. The van der Waals surface area contributed by atoms with Gasteiger partial charge in [0.25, 0.3) is 5.92 Å². The topological polar surface area (TPSA) is 146 Å². The number of aromatic nitrogens is 2. The van der Waals surface area contributed by atoms with Crippen molar-refractivity contribution in [3.05, 3.63) is 67.9 Å². The minimum Gasteiger partial charge on any atom is -0.479 e. The Labute approximate surface area is 277 Å². The van der Waals surface area contributed by atoms with E-state index in [1.165, 1.54) is 16.8 Å². The van der Waals surface area contributed by atoms with Crippen molar-refractivity contribution in [2.75, 3.05) is 26.3 Å². The van der Waals surface area contributed by atoms with Crippen molar-refractivity contribution in [2.45, 2.75) is 76.0 Å². The Kier molecular flexibility index (Phi) is 10.1. The van der Waals surface area contributed by atoms with Crippen LogP contribution in [0.15, 0.2) is 30.5 Å². The molecule has 0 unspecified atom stereocenters. The number of alkyl halides is 2. The molecule has 11 nitrogen and oxygen atoms in total. The molecule has 1 fully saturated rings. The maximum atomic E-state index is 15.3. The van der Waals surface area contributed by atoms with Crippen molar-refractivity contribution in [3.63, 3.8) is 0 Å². The van der Waals surface area contributed by atoms with Crippen molar-refractivity contribution in [1.29, 1.82) is 0 Å². The highest BCUT2D eigenvalue weighted by Crippen LogP contribution is 2.52. The number of aliphatic carboxylic acids is 1. The number of para-hydroxylation sites is 1. The zero-order valence-corrected chi connectivity index (χ0v) is 27.5. The summed E-state index contributed by atoms with van der Waals surface area (Å²) >= 11 is 7.28. The van der Waals surface area contributed by atoms with E-state index in [0.717, 1.165) is 16.9 Å². The van der Waals surface area contributed by atoms with Crippen LogP contribution < -0.4 is 5.32 Å². The Hall–Kier alpha value is -3.05. The summed E-state index contributed by atoms with van der Waals surface area (Å²) in [5.41, 5.74) is 0.603. The van der Waals surface area contributed by atoms with Crippen LogP contribution >= 0.6 is 22.9 Å². The molecular weight excluding hydrogens is 665 g/mol. The van der Waals surface area contributed by atoms with Crippen molar-refractivity contribution >= 4 is 34.9 Å². The van der Waals surface area contributed by atoms with Crippen molar-refractivity contribution < 1.29 is 47.6 Å². The van der Waals surface area contributed by atoms with Gasteiger partial charge in [0, 0.05) is 53.9 Å². The van der Waals surface area contributed by atoms with Gasteiger partial charge in [-0.05, 0) is 51.3 Å². The summed E-state index contributed by atoms with van der Waals surface area (Å²) in [6.07, 6.45) is -1.76. The van der Waals surface area contributed by atoms with Gasteiger partial charge in [-0.3, -0.25) is 4.90 Å². The van der Waals surface area contributed by atoms with Crippen LogP contribution in [-0.2, 0) is 43.7 Å². The van der Waals surface area contributed by atoms with Crippen LogP contribution in [-0.4, -0.2) is 86.0 Å². The standard InChI is InChI=1S/C31H36ClF3N4O7S/c1-17-19(13-38-9-7-30(8-10-38)26-20(11-22(32)47-26)31(34,35)16-46-30)14-39(37-17)23-18(5-4-6-21(23)33)12-36-29(2,3)15-45-28(44)25(41)24(40)27(42)43/h4-6,11,14,24-25,36,40-41H,7-10,12-13,15-16H2,1-3H3,(H,42,43)/t24-,25-/m1/s1. The van der Waals surface area contributed by atoms with Crippen LogP contribution in [0, 0.1) is 12.7 Å². The highest BCUT2D eigenvalue weighted by Gasteiger charge is 2.51. The second-order valence-electron chi connectivity index (χ2n) is 12.6. The maximum absolute atomic E-state index is 15.3. The number of carboxylic acids is 1. The van der Waals surface area contributed by atoms with Crippen molar-refractivity contribution in [1.82, 2.24) is 20.0 Å². The number of carboxylic acid groups (broad SMARTS) is 1. The van der Waals surface area contributed by atoms with E-state index in [-0.39, 0.29) is 24.4 Å². The quantitative estimate of drug-likeness (QED) is 0.218. The largest absolute Gasteiger partial charge is 0.479 e. The number of aryl methyl sites for hydroxylation is 1. The molecule has 0 amide bonds. The van der Waals surface area contributed by atoms with Gasteiger partial charge < -0.3 is 30.1 Å². The molecule has 2 aliphatic heterocycles. The van der Waals surface area contributed by atoms with E-state index in [0.29, 0.717) is 52.9 Å². The zero-order chi connectivity index (χ0) is 34.3. The number of ether oxygens (including phenoxy) is 2. The van der Waals surface area contributed by atoms with Crippen molar-refractivity contribution in [2.24, 2.45) is 0 Å². The lowest BCUT2D eigenvalue weighted by Crippen LogP contribution is -2.48. The lowest BCUT2D eigenvalue weighted by atomic mass is 9.84. The zero-order valence-electron chi connectivity index (χ0n) is 25.9. The molecule has 0 radical (unpaired) electrons. The minimum absolute atomic E-state index is 0.0433. The van der Waals surface area contributed by atoms with Gasteiger partial charge in [0.1, 0.15) is 30.3 Å². The van der Waals surface area contributed by atoms with E-state index in [2.05, 4.69) is 15.3 Å². The molecule has 256 valence electrons.